The van der Waals surface area contributed by atoms with Crippen molar-refractivity contribution in [1.82, 2.24) is 14.3 Å². The molecule has 0 spiro atoms. The zero-order valence-corrected chi connectivity index (χ0v) is 16.0. The van der Waals surface area contributed by atoms with Gasteiger partial charge in [0.2, 0.25) is 0 Å². The van der Waals surface area contributed by atoms with Crippen LogP contribution in [0.2, 0.25) is 0 Å². The number of hydrogen-bond acceptors (Lipinski definition) is 4. The summed E-state index contributed by atoms with van der Waals surface area (Å²) in [6, 6.07) is 11.2. The van der Waals surface area contributed by atoms with Gasteiger partial charge >= 0.3 is 0 Å². The minimum atomic E-state index is -0.00604. The van der Waals surface area contributed by atoms with Crippen LogP contribution >= 0.6 is 0 Å². The fraction of sp³-hybridized carbons (Fsp3) is 0.333. The van der Waals surface area contributed by atoms with Crippen molar-refractivity contribution in [2.75, 3.05) is 27.3 Å². The molecular weight excluding hydrogens is 342 g/mol. The second kappa shape index (κ2) is 8.68. The largest absolute Gasteiger partial charge is 0.487 e. The molecule has 1 aromatic carbocycles. The highest BCUT2D eigenvalue weighted by molar-refractivity contribution is 5.94. The van der Waals surface area contributed by atoms with Crippen LogP contribution in [0.5, 0.6) is 5.75 Å². The number of hydrogen-bond donors (Lipinski definition) is 0. The fourth-order valence-electron chi connectivity index (χ4n) is 2.89. The van der Waals surface area contributed by atoms with Gasteiger partial charge in [0, 0.05) is 45.3 Å². The third-order valence-electron chi connectivity index (χ3n) is 4.40. The van der Waals surface area contributed by atoms with Crippen LogP contribution in [0.3, 0.4) is 0 Å². The first-order valence-electron chi connectivity index (χ1n) is 8.99. The van der Waals surface area contributed by atoms with Crippen LogP contribution in [0.15, 0.2) is 48.8 Å². The Bertz CT molecular complexity index is 903. The van der Waals surface area contributed by atoms with E-state index >= 15 is 0 Å². The van der Waals surface area contributed by atoms with E-state index in [0.717, 1.165) is 23.3 Å². The molecule has 0 N–H and O–H groups in total. The smallest absolute Gasteiger partial charge is 0.253 e. The molecule has 0 aliphatic rings. The predicted molar refractivity (Wildman–Crippen MR) is 104 cm³/mol. The Balaban J connectivity index is 1.58. The Morgan fingerprint density at radius 1 is 1.22 bits per heavy atom. The predicted octanol–water partition coefficient (Wildman–Crippen LogP) is 3.33. The number of amides is 1. The maximum absolute atomic E-state index is 12.4. The number of carbonyl (C=O) groups is 1. The molecular formula is C21H25N3O3. The third-order valence-corrected chi connectivity index (χ3v) is 4.40. The zero-order valence-electron chi connectivity index (χ0n) is 16.0. The van der Waals surface area contributed by atoms with Gasteiger partial charge in [0.1, 0.15) is 18.0 Å². The fourth-order valence-corrected chi connectivity index (χ4v) is 2.89. The van der Waals surface area contributed by atoms with E-state index in [1.54, 1.807) is 31.2 Å². The van der Waals surface area contributed by atoms with E-state index < -0.39 is 0 Å². The van der Waals surface area contributed by atoms with Crippen molar-refractivity contribution in [3.05, 3.63) is 65.6 Å². The molecule has 0 aliphatic heterocycles. The maximum Gasteiger partial charge on any atom is 0.253 e. The van der Waals surface area contributed by atoms with Gasteiger partial charge in [0.15, 0.2) is 0 Å². The lowest BCUT2D eigenvalue weighted by Gasteiger charge is -2.17. The van der Waals surface area contributed by atoms with E-state index in [9.17, 15) is 4.79 Å². The Kier molecular flexibility index (Phi) is 6.08. The molecule has 6 nitrogen and oxygen atoms in total. The van der Waals surface area contributed by atoms with Crippen molar-refractivity contribution in [2.24, 2.45) is 0 Å². The van der Waals surface area contributed by atoms with Crippen LogP contribution in [0.25, 0.3) is 5.65 Å². The van der Waals surface area contributed by atoms with Crippen LogP contribution in [-0.2, 0) is 11.3 Å². The van der Waals surface area contributed by atoms with Crippen LogP contribution in [-0.4, -0.2) is 47.5 Å². The molecule has 3 rings (SSSR count). The number of aryl methyl sites for hydroxylation is 1. The summed E-state index contributed by atoms with van der Waals surface area (Å²) < 4.78 is 12.8. The summed E-state index contributed by atoms with van der Waals surface area (Å²) >= 11 is 0. The zero-order chi connectivity index (χ0) is 19.2. The topological polar surface area (TPSA) is 56.1 Å². The summed E-state index contributed by atoms with van der Waals surface area (Å²) in [6.07, 6.45) is 4.76. The number of ether oxygens (including phenoxy) is 2. The Morgan fingerprint density at radius 3 is 2.70 bits per heavy atom. The maximum atomic E-state index is 12.4. The molecule has 6 heteroatoms. The lowest BCUT2D eigenvalue weighted by molar-refractivity contribution is 0.0779. The standard InChI is InChI=1S/C21H25N3O3/c1-16-6-4-12-24-14-18(22-20(16)24)15-27-19-9-7-17(8-10-19)21(25)23(2)11-5-13-26-3/h4,6-10,12,14H,5,11,13,15H2,1-3H3. The van der Waals surface area contributed by atoms with Crippen molar-refractivity contribution in [3.8, 4) is 5.75 Å². The number of fused-ring (bicyclic) bond motifs is 1. The molecule has 0 unspecified atom stereocenters. The van der Waals surface area contributed by atoms with E-state index in [1.807, 2.05) is 48.0 Å². The average Bonchev–Trinajstić information content (AvgIpc) is 3.11. The highest BCUT2D eigenvalue weighted by atomic mass is 16.5. The third kappa shape index (κ3) is 4.65. The van der Waals surface area contributed by atoms with Gasteiger partial charge in [0.05, 0.1) is 5.69 Å². The van der Waals surface area contributed by atoms with Crippen LogP contribution < -0.4 is 4.74 Å². The summed E-state index contributed by atoms with van der Waals surface area (Å²) in [5.74, 6) is 0.704. The van der Waals surface area contributed by atoms with E-state index in [-0.39, 0.29) is 5.91 Å². The van der Waals surface area contributed by atoms with Gasteiger partial charge in [-0.2, -0.15) is 0 Å². The summed E-state index contributed by atoms with van der Waals surface area (Å²) in [6.45, 7) is 3.73. The lowest BCUT2D eigenvalue weighted by atomic mass is 10.2. The van der Waals surface area contributed by atoms with E-state index in [1.165, 1.54) is 0 Å². The summed E-state index contributed by atoms with van der Waals surface area (Å²) in [7, 11) is 3.46. The van der Waals surface area contributed by atoms with Crippen molar-refractivity contribution in [3.63, 3.8) is 0 Å². The number of nitrogens with zero attached hydrogens (tertiary/aromatic N) is 3. The van der Waals surface area contributed by atoms with Gasteiger partial charge in [0.25, 0.3) is 5.91 Å². The SMILES string of the molecule is COCCCN(C)C(=O)c1ccc(OCc2cn3cccc(C)c3n2)cc1. The Morgan fingerprint density at radius 2 is 2.00 bits per heavy atom. The molecule has 142 valence electrons. The molecule has 0 fully saturated rings. The number of pyridine rings is 1. The van der Waals surface area contributed by atoms with Crippen molar-refractivity contribution in [2.45, 2.75) is 20.0 Å². The molecule has 0 saturated heterocycles. The number of carbonyl (C=O) groups excluding carboxylic acids is 1. The first-order valence-corrected chi connectivity index (χ1v) is 8.99. The Hall–Kier alpha value is -2.86. The van der Waals surface area contributed by atoms with Gasteiger partial charge in [-0.15, -0.1) is 0 Å². The second-order valence-electron chi connectivity index (χ2n) is 6.54. The van der Waals surface area contributed by atoms with Gasteiger partial charge < -0.3 is 18.8 Å². The molecule has 2 aromatic heterocycles. The van der Waals surface area contributed by atoms with Gasteiger partial charge in [-0.25, -0.2) is 4.98 Å². The van der Waals surface area contributed by atoms with Crippen LogP contribution in [0, 0.1) is 6.92 Å². The molecule has 1 amide bonds. The second-order valence-corrected chi connectivity index (χ2v) is 6.54. The molecule has 3 aromatic rings. The Labute approximate surface area is 159 Å². The molecule has 0 saturated carbocycles. The summed E-state index contributed by atoms with van der Waals surface area (Å²) in [5.41, 5.74) is 3.57. The van der Waals surface area contributed by atoms with Crippen molar-refractivity contribution < 1.29 is 14.3 Å². The summed E-state index contributed by atoms with van der Waals surface area (Å²) in [5, 5.41) is 0. The molecule has 27 heavy (non-hydrogen) atoms. The minimum Gasteiger partial charge on any atom is -0.487 e. The molecule has 0 bridgehead atoms. The molecule has 0 atom stereocenters. The number of methoxy groups -OCH3 is 1. The van der Waals surface area contributed by atoms with E-state index in [4.69, 9.17) is 9.47 Å². The van der Waals surface area contributed by atoms with Crippen LogP contribution in [0.4, 0.5) is 0 Å². The molecule has 0 aliphatic carbocycles. The molecule has 2 heterocycles. The number of aromatic nitrogens is 2. The highest BCUT2D eigenvalue weighted by Gasteiger charge is 2.11. The number of benzene rings is 1. The average molecular weight is 367 g/mol. The van der Waals surface area contributed by atoms with Gasteiger partial charge in [-0.1, -0.05) is 6.07 Å². The van der Waals surface area contributed by atoms with Gasteiger partial charge in [-0.3, -0.25) is 4.79 Å². The monoisotopic (exact) mass is 367 g/mol. The van der Waals surface area contributed by atoms with Crippen molar-refractivity contribution >= 4 is 11.6 Å². The van der Waals surface area contributed by atoms with Gasteiger partial charge in [-0.05, 0) is 49.2 Å². The van der Waals surface area contributed by atoms with E-state index in [2.05, 4.69) is 4.98 Å². The van der Waals surface area contributed by atoms with Crippen LogP contribution in [0.1, 0.15) is 28.0 Å². The summed E-state index contributed by atoms with van der Waals surface area (Å²) in [4.78, 5) is 18.7. The normalized spacial score (nSPS) is 10.9. The van der Waals surface area contributed by atoms with Crippen molar-refractivity contribution in [1.29, 1.82) is 0 Å². The quantitative estimate of drug-likeness (QED) is 0.573. The lowest BCUT2D eigenvalue weighted by Crippen LogP contribution is -2.28. The number of imidazole rings is 1. The molecule has 0 radical (unpaired) electrons. The van der Waals surface area contributed by atoms with E-state index in [0.29, 0.717) is 31.1 Å². The first kappa shape index (κ1) is 18.9. The minimum absolute atomic E-state index is 0.00604. The first-order chi connectivity index (χ1) is 13.1. The number of rotatable bonds is 8. The highest BCUT2D eigenvalue weighted by Crippen LogP contribution is 2.16.